The molecule has 1 aromatic rings. The van der Waals surface area contributed by atoms with Crippen molar-refractivity contribution in [2.45, 2.75) is 38.5 Å². The zero-order chi connectivity index (χ0) is 16.8. The van der Waals surface area contributed by atoms with E-state index in [2.05, 4.69) is 5.32 Å². The summed E-state index contributed by atoms with van der Waals surface area (Å²) in [6.45, 7) is 2.01. The molecule has 0 radical (unpaired) electrons. The van der Waals surface area contributed by atoms with Gasteiger partial charge in [-0.15, -0.1) is 0 Å². The van der Waals surface area contributed by atoms with Crippen LogP contribution in [-0.4, -0.2) is 46.6 Å². The maximum Gasteiger partial charge on any atom is 0.408 e. The van der Waals surface area contributed by atoms with E-state index < -0.39 is 30.1 Å². The predicted octanol–water partition coefficient (Wildman–Crippen LogP) is 1.38. The molecule has 7 heteroatoms. The van der Waals surface area contributed by atoms with Crippen LogP contribution in [0, 0.1) is 0 Å². The van der Waals surface area contributed by atoms with E-state index in [1.54, 1.807) is 0 Å². The third kappa shape index (κ3) is 4.45. The molecule has 2 N–H and O–H groups in total. The van der Waals surface area contributed by atoms with E-state index in [9.17, 15) is 14.4 Å². The summed E-state index contributed by atoms with van der Waals surface area (Å²) >= 11 is 0. The molecular weight excluding hydrogens is 300 g/mol. The fourth-order valence-corrected chi connectivity index (χ4v) is 2.54. The van der Waals surface area contributed by atoms with E-state index in [1.165, 1.54) is 11.8 Å². The number of ether oxygens (including phenoxy) is 1. The smallest absolute Gasteiger partial charge is 0.408 e. The second kappa shape index (κ2) is 7.62. The molecule has 0 aliphatic carbocycles. The number of carbonyl (C=O) groups is 3. The second-order valence-corrected chi connectivity index (χ2v) is 5.46. The second-order valence-electron chi connectivity index (χ2n) is 5.46. The number of likely N-dealkylation sites (tertiary alicyclic amines) is 1. The van der Waals surface area contributed by atoms with Crippen molar-refractivity contribution in [3.8, 4) is 0 Å². The lowest BCUT2D eigenvalue weighted by Gasteiger charge is -2.25. The van der Waals surface area contributed by atoms with E-state index in [4.69, 9.17) is 9.84 Å². The largest absolute Gasteiger partial charge is 0.480 e. The Kier molecular flexibility index (Phi) is 5.56. The van der Waals surface area contributed by atoms with Crippen LogP contribution < -0.4 is 5.32 Å². The molecule has 0 spiro atoms. The average Bonchev–Trinajstić information content (AvgIpc) is 3.03. The van der Waals surface area contributed by atoms with Gasteiger partial charge in [-0.2, -0.15) is 0 Å². The molecule has 0 bridgehead atoms. The summed E-state index contributed by atoms with van der Waals surface area (Å²) in [5.41, 5.74) is 0.840. The summed E-state index contributed by atoms with van der Waals surface area (Å²) in [6, 6.07) is 7.53. The van der Waals surface area contributed by atoms with Crippen LogP contribution in [0.15, 0.2) is 30.3 Å². The number of alkyl carbamates (subject to hydrolysis) is 1. The van der Waals surface area contributed by atoms with Crippen LogP contribution in [0.2, 0.25) is 0 Å². The highest BCUT2D eigenvalue weighted by Crippen LogP contribution is 2.18. The zero-order valence-corrected chi connectivity index (χ0v) is 12.9. The highest BCUT2D eigenvalue weighted by atomic mass is 16.5. The molecule has 2 atom stereocenters. The standard InChI is InChI=1S/C16H20N2O5/c1-11(14(19)18-9-5-8-13(18)15(20)21)17-16(22)23-10-12-6-3-2-4-7-12/h2-4,6-7,11,13H,5,8-10H2,1H3,(H,17,22)(H,20,21). The van der Waals surface area contributed by atoms with Crippen LogP contribution in [0.3, 0.4) is 0 Å². The number of benzene rings is 1. The summed E-state index contributed by atoms with van der Waals surface area (Å²) in [5.74, 6) is -1.43. The summed E-state index contributed by atoms with van der Waals surface area (Å²) in [7, 11) is 0. The first-order valence-electron chi connectivity index (χ1n) is 7.49. The van der Waals surface area contributed by atoms with Crippen molar-refractivity contribution in [1.29, 1.82) is 0 Å². The topological polar surface area (TPSA) is 95.9 Å². The SMILES string of the molecule is CC(NC(=O)OCc1ccccc1)C(=O)N1CCCC1C(=O)O. The van der Waals surface area contributed by atoms with E-state index in [0.717, 1.165) is 5.56 Å². The third-order valence-electron chi connectivity index (χ3n) is 3.74. The molecule has 7 nitrogen and oxygen atoms in total. The number of carbonyl (C=O) groups excluding carboxylic acids is 2. The number of nitrogens with zero attached hydrogens (tertiary/aromatic N) is 1. The Morgan fingerprint density at radius 2 is 2.04 bits per heavy atom. The van der Waals surface area contributed by atoms with Crippen LogP contribution in [0.25, 0.3) is 0 Å². The van der Waals surface area contributed by atoms with Crippen molar-refractivity contribution >= 4 is 18.0 Å². The summed E-state index contributed by atoms with van der Waals surface area (Å²) in [4.78, 5) is 36.4. The van der Waals surface area contributed by atoms with E-state index >= 15 is 0 Å². The predicted molar refractivity (Wildman–Crippen MR) is 81.6 cm³/mol. The van der Waals surface area contributed by atoms with E-state index in [0.29, 0.717) is 19.4 Å². The lowest BCUT2D eigenvalue weighted by atomic mass is 10.2. The average molecular weight is 320 g/mol. The number of carboxylic acids is 1. The number of aliphatic carboxylic acids is 1. The molecule has 1 heterocycles. The highest BCUT2D eigenvalue weighted by molar-refractivity contribution is 5.89. The van der Waals surface area contributed by atoms with Gasteiger partial charge in [0.15, 0.2) is 0 Å². The normalized spacial score (nSPS) is 18.3. The first kappa shape index (κ1) is 16.8. The van der Waals surface area contributed by atoms with Crippen molar-refractivity contribution in [1.82, 2.24) is 10.2 Å². The Bertz CT molecular complexity index is 575. The van der Waals surface area contributed by atoms with Gasteiger partial charge in [0.05, 0.1) is 0 Å². The quantitative estimate of drug-likeness (QED) is 0.854. The van der Waals surface area contributed by atoms with Gasteiger partial charge in [-0.25, -0.2) is 9.59 Å². The van der Waals surface area contributed by atoms with Gasteiger partial charge in [0, 0.05) is 6.54 Å². The van der Waals surface area contributed by atoms with Gasteiger partial charge in [-0.05, 0) is 25.3 Å². The fourth-order valence-electron chi connectivity index (χ4n) is 2.54. The van der Waals surface area contributed by atoms with Crippen molar-refractivity contribution in [2.24, 2.45) is 0 Å². The van der Waals surface area contributed by atoms with Gasteiger partial charge >= 0.3 is 12.1 Å². The molecule has 0 aromatic heterocycles. The Morgan fingerprint density at radius 1 is 1.35 bits per heavy atom. The molecule has 124 valence electrons. The molecule has 1 saturated heterocycles. The van der Waals surface area contributed by atoms with Crippen LogP contribution in [-0.2, 0) is 20.9 Å². The molecule has 23 heavy (non-hydrogen) atoms. The highest BCUT2D eigenvalue weighted by Gasteiger charge is 2.36. The minimum Gasteiger partial charge on any atom is -0.480 e. The molecule has 2 unspecified atom stereocenters. The molecular formula is C16H20N2O5. The van der Waals surface area contributed by atoms with Crippen molar-refractivity contribution in [2.75, 3.05) is 6.54 Å². The Balaban J connectivity index is 1.83. The first-order valence-corrected chi connectivity index (χ1v) is 7.49. The molecule has 1 aliphatic heterocycles. The molecule has 2 amide bonds. The maximum absolute atomic E-state index is 12.3. The molecule has 1 fully saturated rings. The number of hydrogen-bond acceptors (Lipinski definition) is 4. The van der Waals surface area contributed by atoms with Gasteiger partial charge in [-0.1, -0.05) is 30.3 Å². The third-order valence-corrected chi connectivity index (χ3v) is 3.74. The fraction of sp³-hybridized carbons (Fsp3) is 0.438. The summed E-state index contributed by atoms with van der Waals surface area (Å²) < 4.78 is 5.05. The van der Waals surface area contributed by atoms with Crippen molar-refractivity contribution < 1.29 is 24.2 Å². The minimum absolute atomic E-state index is 0.106. The van der Waals surface area contributed by atoms with Crippen LogP contribution >= 0.6 is 0 Å². The summed E-state index contributed by atoms with van der Waals surface area (Å²) in [6.07, 6.45) is 0.376. The number of nitrogens with one attached hydrogen (secondary N) is 1. The van der Waals surface area contributed by atoms with E-state index in [-0.39, 0.29) is 6.61 Å². The maximum atomic E-state index is 12.3. The number of hydrogen-bond donors (Lipinski definition) is 2. The van der Waals surface area contributed by atoms with Gasteiger partial charge in [0.2, 0.25) is 5.91 Å². The number of rotatable bonds is 5. The zero-order valence-electron chi connectivity index (χ0n) is 12.9. The van der Waals surface area contributed by atoms with Gasteiger partial charge in [0.1, 0.15) is 18.7 Å². The molecule has 0 saturated carbocycles. The van der Waals surface area contributed by atoms with Gasteiger partial charge in [0.25, 0.3) is 0 Å². The van der Waals surface area contributed by atoms with Crippen molar-refractivity contribution in [3.63, 3.8) is 0 Å². The van der Waals surface area contributed by atoms with Gasteiger partial charge in [-0.3, -0.25) is 4.79 Å². The number of carboxylic acid groups (broad SMARTS) is 1. The molecule has 2 rings (SSSR count). The van der Waals surface area contributed by atoms with Crippen LogP contribution in [0.5, 0.6) is 0 Å². The van der Waals surface area contributed by atoms with E-state index in [1.807, 2.05) is 30.3 Å². The first-order chi connectivity index (χ1) is 11.0. The Hall–Kier alpha value is -2.57. The lowest BCUT2D eigenvalue weighted by Crippen LogP contribution is -2.50. The lowest BCUT2D eigenvalue weighted by molar-refractivity contribution is -0.148. The van der Waals surface area contributed by atoms with Crippen molar-refractivity contribution in [3.05, 3.63) is 35.9 Å². The Morgan fingerprint density at radius 3 is 2.70 bits per heavy atom. The van der Waals surface area contributed by atoms with Crippen LogP contribution in [0.4, 0.5) is 4.79 Å². The summed E-state index contributed by atoms with van der Waals surface area (Å²) in [5, 5.41) is 11.5. The van der Waals surface area contributed by atoms with Crippen LogP contribution in [0.1, 0.15) is 25.3 Å². The Labute approximate surface area is 134 Å². The monoisotopic (exact) mass is 320 g/mol. The molecule has 1 aromatic carbocycles. The van der Waals surface area contributed by atoms with Gasteiger partial charge < -0.3 is 20.1 Å². The minimum atomic E-state index is -1.02. The molecule has 1 aliphatic rings. The number of amides is 2.